The summed E-state index contributed by atoms with van der Waals surface area (Å²) in [5, 5.41) is 3.90. The maximum absolute atomic E-state index is 5.82. The Labute approximate surface area is 90.1 Å². The van der Waals surface area contributed by atoms with Crippen LogP contribution in [0.2, 0.25) is 0 Å². The number of aromatic nitrogens is 1. The molecule has 1 aromatic rings. The van der Waals surface area contributed by atoms with Gasteiger partial charge >= 0.3 is 7.12 Å². The number of aryl methyl sites for hydroxylation is 1. The molecule has 5 heteroatoms. The van der Waals surface area contributed by atoms with E-state index in [2.05, 4.69) is 5.16 Å². The normalized spacial score (nSPS) is 23.4. The SMILES string of the molecule is Cc1cc(B2OC(C)(C)C(C)(C)O2)no1. The highest BCUT2D eigenvalue weighted by Gasteiger charge is 2.52. The largest absolute Gasteiger partial charge is 0.518 e. The summed E-state index contributed by atoms with van der Waals surface area (Å²) < 4.78 is 16.6. The number of nitrogens with zero attached hydrogens (tertiary/aromatic N) is 1. The lowest BCUT2D eigenvalue weighted by molar-refractivity contribution is 0.00578. The van der Waals surface area contributed by atoms with Gasteiger partial charge in [0.2, 0.25) is 0 Å². The third-order valence-corrected chi connectivity index (χ3v) is 3.14. The van der Waals surface area contributed by atoms with Gasteiger partial charge in [0.25, 0.3) is 0 Å². The molecular formula is C10H16BNO3. The van der Waals surface area contributed by atoms with Crippen LogP contribution in [0.5, 0.6) is 0 Å². The van der Waals surface area contributed by atoms with Crippen LogP contribution in [0.15, 0.2) is 10.6 Å². The Bertz CT molecular complexity index is 356. The summed E-state index contributed by atoms with van der Waals surface area (Å²) in [4.78, 5) is 0. The van der Waals surface area contributed by atoms with E-state index in [-0.39, 0.29) is 11.2 Å². The smallest absolute Gasteiger partial charge is 0.398 e. The lowest BCUT2D eigenvalue weighted by Gasteiger charge is -2.32. The van der Waals surface area contributed by atoms with Crippen LogP contribution >= 0.6 is 0 Å². The van der Waals surface area contributed by atoms with E-state index in [0.717, 1.165) is 5.76 Å². The monoisotopic (exact) mass is 209 g/mol. The predicted molar refractivity (Wildman–Crippen MR) is 57.0 cm³/mol. The van der Waals surface area contributed by atoms with E-state index < -0.39 is 7.12 Å². The zero-order valence-electron chi connectivity index (χ0n) is 9.83. The first kappa shape index (κ1) is 10.7. The number of hydrogen-bond acceptors (Lipinski definition) is 4. The Morgan fingerprint density at radius 2 is 1.67 bits per heavy atom. The molecule has 0 aromatic carbocycles. The third kappa shape index (κ3) is 1.70. The molecule has 0 atom stereocenters. The van der Waals surface area contributed by atoms with Crippen LogP contribution in [0.4, 0.5) is 0 Å². The maximum atomic E-state index is 5.82. The molecule has 1 fully saturated rings. The van der Waals surface area contributed by atoms with Crippen molar-refractivity contribution >= 4 is 12.7 Å². The van der Waals surface area contributed by atoms with Gasteiger partial charge in [-0.1, -0.05) is 5.16 Å². The second-order valence-corrected chi connectivity index (χ2v) is 4.95. The van der Waals surface area contributed by atoms with Gasteiger partial charge in [0, 0.05) is 6.07 Å². The van der Waals surface area contributed by atoms with Gasteiger partial charge in [0.1, 0.15) is 11.4 Å². The molecule has 0 N–H and O–H groups in total. The van der Waals surface area contributed by atoms with Crippen molar-refractivity contribution in [3.05, 3.63) is 11.8 Å². The van der Waals surface area contributed by atoms with E-state index in [0.29, 0.717) is 5.59 Å². The number of rotatable bonds is 1. The van der Waals surface area contributed by atoms with E-state index in [1.165, 1.54) is 0 Å². The summed E-state index contributed by atoms with van der Waals surface area (Å²) in [6, 6.07) is 1.84. The van der Waals surface area contributed by atoms with Crippen molar-refractivity contribution in [2.45, 2.75) is 45.8 Å². The Hall–Kier alpha value is -0.805. The first-order chi connectivity index (χ1) is 6.82. The lowest BCUT2D eigenvalue weighted by Crippen LogP contribution is -2.41. The Kier molecular flexibility index (Phi) is 2.21. The average Bonchev–Trinajstić information content (AvgIpc) is 2.56. The molecule has 2 heterocycles. The van der Waals surface area contributed by atoms with Crippen LogP contribution in [-0.4, -0.2) is 23.5 Å². The molecule has 0 spiro atoms. The van der Waals surface area contributed by atoms with Gasteiger partial charge < -0.3 is 13.8 Å². The zero-order chi connectivity index (χ0) is 11.3. The molecule has 0 radical (unpaired) electrons. The minimum absolute atomic E-state index is 0.329. The van der Waals surface area contributed by atoms with Gasteiger partial charge in [-0.05, 0) is 34.6 Å². The summed E-state index contributed by atoms with van der Waals surface area (Å²) >= 11 is 0. The fourth-order valence-electron chi connectivity index (χ4n) is 1.46. The van der Waals surface area contributed by atoms with Crippen LogP contribution in [0.3, 0.4) is 0 Å². The molecule has 2 rings (SSSR count). The molecular weight excluding hydrogens is 193 g/mol. The van der Waals surface area contributed by atoms with Crippen LogP contribution in [0.25, 0.3) is 0 Å². The summed E-state index contributed by atoms with van der Waals surface area (Å²) in [7, 11) is -0.424. The minimum Gasteiger partial charge on any atom is -0.398 e. The summed E-state index contributed by atoms with van der Waals surface area (Å²) in [5.74, 6) is 0.764. The summed E-state index contributed by atoms with van der Waals surface area (Å²) in [6.45, 7) is 9.90. The van der Waals surface area contributed by atoms with Crippen molar-refractivity contribution in [1.82, 2.24) is 5.16 Å². The molecule has 1 saturated heterocycles. The lowest BCUT2D eigenvalue weighted by atomic mass is 9.85. The highest BCUT2D eigenvalue weighted by Crippen LogP contribution is 2.36. The van der Waals surface area contributed by atoms with E-state index in [1.54, 1.807) is 0 Å². The van der Waals surface area contributed by atoms with E-state index in [4.69, 9.17) is 13.8 Å². The molecule has 15 heavy (non-hydrogen) atoms. The zero-order valence-corrected chi connectivity index (χ0v) is 9.83. The fraction of sp³-hybridized carbons (Fsp3) is 0.700. The molecule has 4 nitrogen and oxygen atoms in total. The summed E-state index contributed by atoms with van der Waals surface area (Å²) in [5.41, 5.74) is 0.0424. The van der Waals surface area contributed by atoms with Gasteiger partial charge in [-0.15, -0.1) is 0 Å². The van der Waals surface area contributed by atoms with Crippen LogP contribution < -0.4 is 5.59 Å². The van der Waals surface area contributed by atoms with Crippen LogP contribution in [0, 0.1) is 6.92 Å². The Balaban J connectivity index is 2.23. The highest BCUT2D eigenvalue weighted by atomic mass is 16.7. The van der Waals surface area contributed by atoms with Gasteiger partial charge in [-0.3, -0.25) is 0 Å². The summed E-state index contributed by atoms with van der Waals surface area (Å²) in [6.07, 6.45) is 0. The van der Waals surface area contributed by atoms with Gasteiger partial charge in [-0.25, -0.2) is 0 Å². The van der Waals surface area contributed by atoms with Crippen molar-refractivity contribution in [2.24, 2.45) is 0 Å². The molecule has 1 aromatic heterocycles. The standard InChI is InChI=1S/C10H16BNO3/c1-7-6-8(12-13-7)11-14-9(2,3)10(4,5)15-11/h6H,1-5H3. The molecule has 0 unspecified atom stereocenters. The quantitative estimate of drug-likeness (QED) is 0.653. The second-order valence-electron chi connectivity index (χ2n) is 4.95. The molecule has 0 amide bonds. The van der Waals surface area contributed by atoms with Crippen molar-refractivity contribution in [3.8, 4) is 0 Å². The van der Waals surface area contributed by atoms with Gasteiger partial charge in [-0.2, -0.15) is 0 Å². The average molecular weight is 209 g/mol. The van der Waals surface area contributed by atoms with Gasteiger partial charge in [0.15, 0.2) is 0 Å². The molecule has 0 aliphatic carbocycles. The molecule has 0 bridgehead atoms. The fourth-order valence-corrected chi connectivity index (χ4v) is 1.46. The maximum Gasteiger partial charge on any atom is 0.518 e. The first-order valence-corrected chi connectivity index (χ1v) is 5.11. The van der Waals surface area contributed by atoms with E-state index in [1.807, 2.05) is 40.7 Å². The number of hydrogen-bond donors (Lipinski definition) is 0. The third-order valence-electron chi connectivity index (χ3n) is 3.14. The first-order valence-electron chi connectivity index (χ1n) is 5.11. The van der Waals surface area contributed by atoms with Gasteiger partial charge in [0.05, 0.1) is 11.2 Å². The Morgan fingerprint density at radius 3 is 2.07 bits per heavy atom. The second kappa shape index (κ2) is 3.09. The molecule has 1 aliphatic heterocycles. The van der Waals surface area contributed by atoms with Crippen molar-refractivity contribution in [1.29, 1.82) is 0 Å². The molecule has 82 valence electrons. The Morgan fingerprint density at radius 1 is 1.13 bits per heavy atom. The molecule has 1 aliphatic rings. The predicted octanol–water partition coefficient (Wildman–Crippen LogP) is 1.28. The molecule has 0 saturated carbocycles. The topological polar surface area (TPSA) is 44.5 Å². The highest BCUT2D eigenvalue weighted by molar-refractivity contribution is 6.61. The van der Waals surface area contributed by atoms with E-state index >= 15 is 0 Å². The van der Waals surface area contributed by atoms with Crippen LogP contribution in [0.1, 0.15) is 33.5 Å². The van der Waals surface area contributed by atoms with Crippen molar-refractivity contribution < 1.29 is 13.8 Å². The van der Waals surface area contributed by atoms with E-state index in [9.17, 15) is 0 Å². The van der Waals surface area contributed by atoms with Crippen LogP contribution in [-0.2, 0) is 9.31 Å². The van der Waals surface area contributed by atoms with Crippen molar-refractivity contribution in [3.63, 3.8) is 0 Å². The van der Waals surface area contributed by atoms with Crippen molar-refractivity contribution in [2.75, 3.05) is 0 Å². The minimum atomic E-state index is -0.424.